The van der Waals surface area contributed by atoms with Gasteiger partial charge in [-0.25, -0.2) is 17.6 Å². The molecule has 0 atom stereocenters. The van der Waals surface area contributed by atoms with Gasteiger partial charge in [0.05, 0.1) is 16.2 Å². The van der Waals surface area contributed by atoms with E-state index < -0.39 is 27.2 Å². The number of rotatable bonds is 4. The molecule has 0 unspecified atom stereocenters. The molecule has 1 N–H and O–H groups in total. The molecule has 0 aromatic heterocycles. The summed E-state index contributed by atoms with van der Waals surface area (Å²) in [4.78, 5) is 10.8. The normalized spacial score (nSPS) is 11.3. The van der Waals surface area contributed by atoms with Crippen molar-refractivity contribution in [1.82, 2.24) is 0 Å². The minimum atomic E-state index is -3.74. The van der Waals surface area contributed by atoms with Crippen molar-refractivity contribution >= 4 is 15.8 Å². The van der Waals surface area contributed by atoms with Crippen LogP contribution in [0.5, 0.6) is 0 Å². The van der Waals surface area contributed by atoms with Crippen molar-refractivity contribution in [3.8, 4) is 0 Å². The molecule has 0 saturated carbocycles. The van der Waals surface area contributed by atoms with Crippen LogP contribution in [0, 0.1) is 12.7 Å². The fourth-order valence-electron chi connectivity index (χ4n) is 1.95. The molecule has 0 aliphatic heterocycles. The second kappa shape index (κ2) is 5.65. The molecule has 4 nitrogen and oxygen atoms in total. The molecule has 6 heteroatoms. The summed E-state index contributed by atoms with van der Waals surface area (Å²) in [5.74, 6) is -2.67. The molecule has 2 aromatic rings. The van der Waals surface area contributed by atoms with Crippen LogP contribution in [0.15, 0.2) is 47.4 Å². The number of carboxylic acids is 1. The van der Waals surface area contributed by atoms with Crippen LogP contribution in [0.2, 0.25) is 0 Å². The summed E-state index contributed by atoms with van der Waals surface area (Å²) in [5, 5.41) is 8.94. The molecule has 0 aliphatic rings. The highest BCUT2D eigenvalue weighted by Crippen LogP contribution is 2.22. The van der Waals surface area contributed by atoms with Crippen LogP contribution in [0.4, 0.5) is 4.39 Å². The first kappa shape index (κ1) is 15.2. The summed E-state index contributed by atoms with van der Waals surface area (Å²) in [6.45, 7) is 1.34. The van der Waals surface area contributed by atoms with E-state index in [4.69, 9.17) is 5.11 Å². The minimum absolute atomic E-state index is 0.0125. The third-order valence-corrected chi connectivity index (χ3v) is 4.68. The molecular formula is C15H13FO4S. The fourth-order valence-corrected chi connectivity index (χ4v) is 3.40. The Morgan fingerprint density at radius 3 is 2.38 bits per heavy atom. The van der Waals surface area contributed by atoms with Crippen LogP contribution in [0.25, 0.3) is 0 Å². The van der Waals surface area contributed by atoms with Crippen molar-refractivity contribution in [2.24, 2.45) is 0 Å². The van der Waals surface area contributed by atoms with Gasteiger partial charge in [0.2, 0.25) is 0 Å². The first-order valence-corrected chi connectivity index (χ1v) is 7.76. The van der Waals surface area contributed by atoms with E-state index in [1.54, 1.807) is 30.3 Å². The lowest BCUT2D eigenvalue weighted by Gasteiger charge is -2.08. The van der Waals surface area contributed by atoms with E-state index in [0.29, 0.717) is 5.56 Å². The van der Waals surface area contributed by atoms with Crippen LogP contribution in [-0.2, 0) is 15.6 Å². The highest BCUT2D eigenvalue weighted by atomic mass is 32.2. The van der Waals surface area contributed by atoms with Gasteiger partial charge in [-0.3, -0.25) is 0 Å². The van der Waals surface area contributed by atoms with E-state index in [-0.39, 0.29) is 16.2 Å². The number of hydrogen-bond acceptors (Lipinski definition) is 3. The third-order valence-electron chi connectivity index (χ3n) is 3.02. The number of hydrogen-bond donors (Lipinski definition) is 1. The lowest BCUT2D eigenvalue weighted by atomic mass is 10.1. The van der Waals surface area contributed by atoms with Gasteiger partial charge in [-0.2, -0.15) is 0 Å². The molecule has 0 spiro atoms. The fraction of sp³-hybridized carbons (Fsp3) is 0.133. The summed E-state index contributed by atoms with van der Waals surface area (Å²) in [6.07, 6.45) is 0. The molecule has 0 fully saturated rings. The van der Waals surface area contributed by atoms with Crippen molar-refractivity contribution in [2.75, 3.05) is 0 Å². The predicted molar refractivity (Wildman–Crippen MR) is 75.4 cm³/mol. The maximum Gasteiger partial charge on any atom is 0.338 e. The van der Waals surface area contributed by atoms with Gasteiger partial charge in [-0.05, 0) is 30.2 Å². The third kappa shape index (κ3) is 3.28. The highest BCUT2D eigenvalue weighted by Gasteiger charge is 2.21. The number of benzene rings is 2. The zero-order valence-electron chi connectivity index (χ0n) is 11.2. The van der Waals surface area contributed by atoms with E-state index in [0.717, 1.165) is 12.1 Å². The first-order chi connectivity index (χ1) is 9.81. The molecule has 0 radical (unpaired) electrons. The number of carboxylic acid groups (broad SMARTS) is 1. The Balaban J connectivity index is 2.48. The van der Waals surface area contributed by atoms with Gasteiger partial charge in [-0.15, -0.1) is 0 Å². The predicted octanol–water partition coefficient (Wildman–Crippen LogP) is 2.81. The van der Waals surface area contributed by atoms with Crippen molar-refractivity contribution < 1.29 is 22.7 Å². The molecule has 0 heterocycles. The molecule has 21 heavy (non-hydrogen) atoms. The first-order valence-electron chi connectivity index (χ1n) is 6.11. The van der Waals surface area contributed by atoms with E-state index in [1.807, 2.05) is 0 Å². The minimum Gasteiger partial charge on any atom is -0.478 e. The van der Waals surface area contributed by atoms with E-state index in [1.165, 1.54) is 6.92 Å². The Morgan fingerprint density at radius 1 is 1.19 bits per heavy atom. The Kier molecular flexibility index (Phi) is 4.09. The highest BCUT2D eigenvalue weighted by molar-refractivity contribution is 7.90. The average Bonchev–Trinajstić information content (AvgIpc) is 2.41. The van der Waals surface area contributed by atoms with E-state index in [2.05, 4.69) is 0 Å². The number of sulfone groups is 1. The summed E-state index contributed by atoms with van der Waals surface area (Å²) in [7, 11) is -3.74. The number of aromatic carboxylic acids is 1. The van der Waals surface area contributed by atoms with Gasteiger partial charge in [0.25, 0.3) is 0 Å². The Labute approximate surface area is 121 Å². The Morgan fingerprint density at radius 2 is 1.81 bits per heavy atom. The van der Waals surface area contributed by atoms with Gasteiger partial charge >= 0.3 is 5.97 Å². The standard InChI is InChI=1S/C15H13FO4S/c1-10-7-12(8-13(14(10)16)15(17)18)21(19,20)9-11-5-3-2-4-6-11/h2-8H,9H2,1H3,(H,17,18). The zero-order chi connectivity index (χ0) is 15.6. The number of halogens is 1. The monoisotopic (exact) mass is 308 g/mol. The van der Waals surface area contributed by atoms with Gasteiger partial charge in [-0.1, -0.05) is 30.3 Å². The largest absolute Gasteiger partial charge is 0.478 e. The van der Waals surface area contributed by atoms with Gasteiger partial charge in [0.15, 0.2) is 9.84 Å². The van der Waals surface area contributed by atoms with Gasteiger partial charge in [0.1, 0.15) is 5.82 Å². The summed E-state index contributed by atoms with van der Waals surface area (Å²) in [6, 6.07) is 10.5. The molecule has 110 valence electrons. The van der Waals surface area contributed by atoms with Crippen molar-refractivity contribution in [3.63, 3.8) is 0 Å². The molecule has 0 amide bonds. The van der Waals surface area contributed by atoms with Crippen LogP contribution >= 0.6 is 0 Å². The van der Waals surface area contributed by atoms with Crippen LogP contribution in [0.1, 0.15) is 21.5 Å². The maximum atomic E-state index is 13.7. The number of aryl methyl sites for hydroxylation is 1. The molecular weight excluding hydrogens is 295 g/mol. The number of carbonyl (C=O) groups is 1. The lowest BCUT2D eigenvalue weighted by Crippen LogP contribution is -2.09. The molecule has 0 saturated heterocycles. The van der Waals surface area contributed by atoms with Gasteiger partial charge < -0.3 is 5.11 Å². The molecule has 2 aromatic carbocycles. The quantitative estimate of drug-likeness (QED) is 0.882. The smallest absolute Gasteiger partial charge is 0.338 e. The second-order valence-corrected chi connectivity index (χ2v) is 6.64. The van der Waals surface area contributed by atoms with Gasteiger partial charge in [0, 0.05) is 0 Å². The van der Waals surface area contributed by atoms with Crippen molar-refractivity contribution in [2.45, 2.75) is 17.6 Å². The maximum absolute atomic E-state index is 13.7. The second-order valence-electron chi connectivity index (χ2n) is 4.65. The molecule has 0 bridgehead atoms. The van der Waals surface area contributed by atoms with Crippen molar-refractivity contribution in [3.05, 3.63) is 65.0 Å². The van der Waals surface area contributed by atoms with Crippen LogP contribution in [-0.4, -0.2) is 19.5 Å². The summed E-state index contributed by atoms with van der Waals surface area (Å²) >= 11 is 0. The molecule has 0 aliphatic carbocycles. The van der Waals surface area contributed by atoms with Crippen LogP contribution in [0.3, 0.4) is 0 Å². The topological polar surface area (TPSA) is 71.4 Å². The molecule has 2 rings (SSSR count). The van der Waals surface area contributed by atoms with Crippen LogP contribution < -0.4 is 0 Å². The Bertz CT molecular complexity index is 783. The Hall–Kier alpha value is -2.21. The summed E-state index contributed by atoms with van der Waals surface area (Å²) < 4.78 is 38.3. The van der Waals surface area contributed by atoms with E-state index >= 15 is 0 Å². The van der Waals surface area contributed by atoms with Crippen molar-refractivity contribution in [1.29, 1.82) is 0 Å². The summed E-state index contributed by atoms with van der Waals surface area (Å²) in [5.41, 5.74) is -0.0699. The zero-order valence-corrected chi connectivity index (χ0v) is 12.0. The van der Waals surface area contributed by atoms with E-state index in [9.17, 15) is 17.6 Å². The lowest BCUT2D eigenvalue weighted by molar-refractivity contribution is 0.0691. The average molecular weight is 308 g/mol. The SMILES string of the molecule is Cc1cc(S(=O)(=O)Cc2ccccc2)cc(C(=O)O)c1F.